The number of benzene rings is 2. The predicted molar refractivity (Wildman–Crippen MR) is 160 cm³/mol. The van der Waals surface area contributed by atoms with Gasteiger partial charge in [0.1, 0.15) is 0 Å². The standard InChI is InChI=1S/C30H50O5P2/c1-19-15-21(27(3,4)5)25(22(16-19)28(6,7)8)36(31,32)35-37(33,34)26-23(29(9,10)11)17-20(2)18-24(26)30(12,13)14/h15-18,31-34H,1-14H3/q+2. The van der Waals surface area contributed by atoms with Crippen LogP contribution in [0.5, 0.6) is 0 Å². The smallest absolute Gasteiger partial charge is 0.185 e. The molecular weight excluding hydrogens is 502 g/mol. The average molecular weight is 553 g/mol. The zero-order valence-electron chi connectivity index (χ0n) is 25.4. The summed E-state index contributed by atoms with van der Waals surface area (Å²) in [6, 6.07) is 7.77. The Morgan fingerprint density at radius 2 is 0.649 bits per heavy atom. The first-order valence-corrected chi connectivity index (χ1v) is 16.1. The average Bonchev–Trinajstić information content (AvgIpc) is 2.62. The van der Waals surface area contributed by atoms with Crippen LogP contribution in [0.2, 0.25) is 0 Å². The Morgan fingerprint density at radius 1 is 0.459 bits per heavy atom. The Labute approximate surface area is 226 Å². The lowest BCUT2D eigenvalue weighted by molar-refractivity contribution is 0.296. The van der Waals surface area contributed by atoms with Crippen molar-refractivity contribution in [3.63, 3.8) is 0 Å². The van der Waals surface area contributed by atoms with Crippen LogP contribution in [0.15, 0.2) is 24.3 Å². The van der Waals surface area contributed by atoms with Crippen LogP contribution in [0.3, 0.4) is 0 Å². The van der Waals surface area contributed by atoms with Gasteiger partial charge in [0.15, 0.2) is 10.6 Å². The highest BCUT2D eigenvalue weighted by Gasteiger charge is 2.63. The molecule has 2 rings (SSSR count). The van der Waals surface area contributed by atoms with Gasteiger partial charge in [-0.1, -0.05) is 118 Å². The Kier molecular flexibility index (Phi) is 8.68. The molecule has 0 aliphatic rings. The molecule has 0 spiro atoms. The van der Waals surface area contributed by atoms with Crippen molar-refractivity contribution in [1.82, 2.24) is 0 Å². The van der Waals surface area contributed by atoms with Gasteiger partial charge in [0.05, 0.1) is 0 Å². The third kappa shape index (κ3) is 7.20. The van der Waals surface area contributed by atoms with Gasteiger partial charge in [0.25, 0.3) is 0 Å². The molecule has 0 atom stereocenters. The van der Waals surface area contributed by atoms with E-state index in [-0.39, 0.29) is 10.6 Å². The van der Waals surface area contributed by atoms with E-state index in [1.807, 2.05) is 121 Å². The summed E-state index contributed by atoms with van der Waals surface area (Å²) in [5.74, 6) is 0. The molecule has 0 aliphatic heterocycles. The summed E-state index contributed by atoms with van der Waals surface area (Å²) in [7, 11) is -8.95. The number of hydrogen-bond acceptors (Lipinski definition) is 5. The Balaban J connectivity index is 2.93. The minimum atomic E-state index is -4.48. The van der Waals surface area contributed by atoms with Crippen molar-refractivity contribution in [2.45, 2.75) is 119 Å². The fourth-order valence-electron chi connectivity index (χ4n) is 4.71. The number of hydrogen-bond donors (Lipinski definition) is 4. The second-order valence-corrected chi connectivity index (χ2v) is 18.3. The first-order valence-electron chi connectivity index (χ1n) is 12.9. The largest absolute Gasteiger partial charge is 0.497 e. The van der Waals surface area contributed by atoms with Gasteiger partial charge in [-0.05, 0) is 35.5 Å². The summed E-state index contributed by atoms with van der Waals surface area (Å²) < 4.78 is 5.86. The van der Waals surface area contributed by atoms with E-state index in [9.17, 15) is 19.6 Å². The van der Waals surface area contributed by atoms with E-state index < -0.39 is 37.5 Å². The van der Waals surface area contributed by atoms with Crippen LogP contribution >= 0.6 is 15.9 Å². The van der Waals surface area contributed by atoms with Crippen LogP contribution < -0.4 is 10.6 Å². The van der Waals surface area contributed by atoms with Crippen molar-refractivity contribution in [1.29, 1.82) is 0 Å². The van der Waals surface area contributed by atoms with Gasteiger partial charge >= 0.3 is 15.9 Å². The van der Waals surface area contributed by atoms with E-state index in [1.165, 1.54) is 0 Å². The first kappa shape index (κ1) is 32.3. The molecule has 0 saturated heterocycles. The van der Waals surface area contributed by atoms with Crippen LogP contribution in [0.1, 0.15) is 116 Å². The molecule has 2 aromatic rings. The molecule has 0 unspecified atom stereocenters. The maximum Gasteiger partial charge on any atom is 0.497 e. The van der Waals surface area contributed by atoms with Crippen molar-refractivity contribution in [3.05, 3.63) is 57.6 Å². The van der Waals surface area contributed by atoms with Crippen molar-refractivity contribution < 1.29 is 23.9 Å². The fraction of sp³-hybridized carbons (Fsp3) is 0.600. The Bertz CT molecular complexity index is 993. The van der Waals surface area contributed by atoms with Gasteiger partial charge in [-0.15, -0.1) is 0 Å². The van der Waals surface area contributed by atoms with Crippen molar-refractivity contribution in [3.8, 4) is 0 Å². The second-order valence-electron chi connectivity index (χ2n) is 14.6. The zero-order chi connectivity index (χ0) is 29.2. The van der Waals surface area contributed by atoms with Gasteiger partial charge in [-0.3, -0.25) is 0 Å². The van der Waals surface area contributed by atoms with Crippen LogP contribution in [0.4, 0.5) is 0 Å². The third-order valence-electron chi connectivity index (χ3n) is 6.55. The highest BCUT2D eigenvalue weighted by molar-refractivity contribution is 7.80. The van der Waals surface area contributed by atoms with Gasteiger partial charge in [-0.25, -0.2) is 0 Å². The molecule has 0 aliphatic carbocycles. The summed E-state index contributed by atoms with van der Waals surface area (Å²) in [4.78, 5) is 47.0. The van der Waals surface area contributed by atoms with E-state index in [2.05, 4.69) is 0 Å². The van der Waals surface area contributed by atoms with Gasteiger partial charge in [0, 0.05) is 26.6 Å². The number of rotatable bonds is 4. The molecule has 2 aromatic carbocycles. The molecule has 0 saturated carbocycles. The summed E-state index contributed by atoms with van der Waals surface area (Å²) in [5.41, 5.74) is 3.15. The molecule has 7 heteroatoms. The summed E-state index contributed by atoms with van der Waals surface area (Å²) in [6.45, 7) is 28.1. The van der Waals surface area contributed by atoms with Crippen LogP contribution in [-0.2, 0) is 26.0 Å². The van der Waals surface area contributed by atoms with Crippen LogP contribution in [0, 0.1) is 13.8 Å². The molecule has 0 fully saturated rings. The maximum absolute atomic E-state index is 11.8. The molecular formula is C30H50O5P2+2. The van der Waals surface area contributed by atoms with Gasteiger partial charge in [-0.2, -0.15) is 19.6 Å². The molecule has 0 bridgehead atoms. The third-order valence-corrected chi connectivity index (χ3v) is 10.5. The monoisotopic (exact) mass is 552 g/mol. The normalized spacial score (nSPS) is 14.3. The van der Waals surface area contributed by atoms with Crippen molar-refractivity contribution in [2.24, 2.45) is 0 Å². The maximum atomic E-state index is 11.8. The molecule has 0 radical (unpaired) electrons. The lowest BCUT2D eigenvalue weighted by Gasteiger charge is -2.31. The summed E-state index contributed by atoms with van der Waals surface area (Å²) in [5, 5.41) is 0.541. The molecule has 37 heavy (non-hydrogen) atoms. The quantitative estimate of drug-likeness (QED) is 0.308. The first-order chi connectivity index (χ1) is 16.2. The molecule has 0 aromatic heterocycles. The molecule has 0 amide bonds. The topological polar surface area (TPSA) is 90.2 Å². The zero-order valence-corrected chi connectivity index (χ0v) is 27.2. The van der Waals surface area contributed by atoms with E-state index in [0.717, 1.165) is 33.4 Å². The van der Waals surface area contributed by atoms with Crippen molar-refractivity contribution in [2.75, 3.05) is 0 Å². The predicted octanol–water partition coefficient (Wildman–Crippen LogP) is 6.96. The molecule has 208 valence electrons. The molecule has 0 heterocycles. The van der Waals surface area contributed by atoms with Crippen LogP contribution in [-0.4, -0.2) is 19.6 Å². The Morgan fingerprint density at radius 3 is 0.811 bits per heavy atom. The highest BCUT2D eigenvalue weighted by Crippen LogP contribution is 2.69. The second kappa shape index (κ2) is 9.93. The van der Waals surface area contributed by atoms with E-state index in [4.69, 9.17) is 4.31 Å². The Hall–Kier alpha value is -0.900. The van der Waals surface area contributed by atoms with Gasteiger partial charge < -0.3 is 0 Å². The van der Waals surface area contributed by atoms with Crippen molar-refractivity contribution >= 4 is 26.5 Å². The molecule has 5 nitrogen and oxygen atoms in total. The highest BCUT2D eigenvalue weighted by atomic mass is 31.3. The lowest BCUT2D eigenvalue weighted by atomic mass is 9.79. The number of aryl methyl sites for hydroxylation is 2. The summed E-state index contributed by atoms with van der Waals surface area (Å²) >= 11 is 0. The minimum Gasteiger partial charge on any atom is -0.185 e. The van der Waals surface area contributed by atoms with E-state index in [1.54, 1.807) is 0 Å². The van der Waals surface area contributed by atoms with Gasteiger partial charge in [0.2, 0.25) is 0 Å². The summed E-state index contributed by atoms with van der Waals surface area (Å²) in [6.07, 6.45) is 0. The van der Waals surface area contributed by atoms with E-state index >= 15 is 0 Å². The lowest BCUT2D eigenvalue weighted by Crippen LogP contribution is -2.36. The fourth-order valence-corrected chi connectivity index (χ4v) is 9.49. The van der Waals surface area contributed by atoms with E-state index in [0.29, 0.717) is 0 Å². The SMILES string of the molecule is Cc1cc(C(C)(C)C)c([P+](O)(O)O[P+](O)(O)c2c(C(C)(C)C)cc(C)cc2C(C)(C)C)c(C(C)(C)C)c1. The minimum absolute atomic E-state index is 0.271. The molecule has 4 N–H and O–H groups in total. The van der Waals surface area contributed by atoms with Crippen LogP contribution in [0.25, 0.3) is 0 Å².